The van der Waals surface area contributed by atoms with Crippen molar-refractivity contribution in [3.05, 3.63) is 12.2 Å². The lowest BCUT2D eigenvalue weighted by atomic mass is 9.78. The second-order valence-electron chi connectivity index (χ2n) is 7.81. The number of nitrogens with one attached hydrogen (secondary N) is 2. The van der Waals surface area contributed by atoms with Gasteiger partial charge in [0.15, 0.2) is 0 Å². The molecule has 5 atom stereocenters. The monoisotopic (exact) mass is 361 g/mol. The van der Waals surface area contributed by atoms with Crippen molar-refractivity contribution in [2.24, 2.45) is 23.7 Å². The van der Waals surface area contributed by atoms with E-state index in [0.717, 1.165) is 24.2 Å². The van der Waals surface area contributed by atoms with E-state index >= 15 is 0 Å². The molecule has 7 nitrogen and oxygen atoms in total. The van der Waals surface area contributed by atoms with E-state index in [4.69, 9.17) is 0 Å². The van der Waals surface area contributed by atoms with Gasteiger partial charge >= 0.3 is 6.03 Å². The number of fused-ring (bicyclic) bond motifs is 1. The quantitative estimate of drug-likeness (QED) is 0.589. The van der Waals surface area contributed by atoms with E-state index in [1.807, 2.05) is 12.2 Å². The Morgan fingerprint density at radius 2 is 1.69 bits per heavy atom. The van der Waals surface area contributed by atoms with E-state index in [1.54, 1.807) is 0 Å². The second-order valence-corrected chi connectivity index (χ2v) is 7.81. The molecular formula is C19H27N3O4. The Labute approximate surface area is 153 Å². The smallest absolute Gasteiger partial charge is 0.321 e. The van der Waals surface area contributed by atoms with Crippen LogP contribution in [0.2, 0.25) is 0 Å². The number of likely N-dealkylation sites (tertiary alicyclic amines) is 1. The lowest BCUT2D eigenvalue weighted by Gasteiger charge is -2.34. The molecule has 2 aliphatic carbocycles. The van der Waals surface area contributed by atoms with Gasteiger partial charge in [0.25, 0.3) is 0 Å². The number of rotatable bonds is 3. The van der Waals surface area contributed by atoms with Crippen LogP contribution in [0, 0.1) is 23.7 Å². The van der Waals surface area contributed by atoms with Gasteiger partial charge in [-0.15, -0.1) is 0 Å². The fraction of sp³-hybridized carbons (Fsp3) is 0.684. The van der Waals surface area contributed by atoms with Gasteiger partial charge < -0.3 is 5.32 Å². The molecule has 0 bridgehead atoms. The molecule has 5 amide bonds. The van der Waals surface area contributed by atoms with Gasteiger partial charge in [0.2, 0.25) is 17.7 Å². The van der Waals surface area contributed by atoms with Crippen molar-refractivity contribution < 1.29 is 19.2 Å². The van der Waals surface area contributed by atoms with Gasteiger partial charge in [0, 0.05) is 6.04 Å². The van der Waals surface area contributed by atoms with E-state index in [-0.39, 0.29) is 29.7 Å². The Balaban J connectivity index is 1.51. The van der Waals surface area contributed by atoms with Gasteiger partial charge in [-0.1, -0.05) is 38.8 Å². The summed E-state index contributed by atoms with van der Waals surface area (Å²) in [4.78, 5) is 50.0. The van der Waals surface area contributed by atoms with Crippen molar-refractivity contribution in [3.63, 3.8) is 0 Å². The fourth-order valence-electron chi connectivity index (χ4n) is 4.32. The van der Waals surface area contributed by atoms with Crippen molar-refractivity contribution in [2.75, 3.05) is 6.54 Å². The number of hydrogen-bond donors (Lipinski definition) is 2. The number of hydrogen-bond acceptors (Lipinski definition) is 4. The Hall–Kier alpha value is -2.18. The van der Waals surface area contributed by atoms with Gasteiger partial charge in [-0.3, -0.25) is 24.6 Å². The van der Waals surface area contributed by atoms with Crippen molar-refractivity contribution in [3.8, 4) is 0 Å². The van der Waals surface area contributed by atoms with Crippen LogP contribution in [0.5, 0.6) is 0 Å². The van der Waals surface area contributed by atoms with Gasteiger partial charge in [0.05, 0.1) is 11.8 Å². The van der Waals surface area contributed by atoms with Gasteiger partial charge in [-0.25, -0.2) is 4.79 Å². The highest BCUT2D eigenvalue weighted by molar-refractivity contribution is 6.08. The zero-order valence-corrected chi connectivity index (χ0v) is 15.4. The summed E-state index contributed by atoms with van der Waals surface area (Å²) >= 11 is 0. The molecule has 0 aromatic rings. The maximum Gasteiger partial charge on any atom is 0.321 e. The normalized spacial score (nSPS) is 33.8. The minimum atomic E-state index is -0.632. The molecule has 0 radical (unpaired) electrons. The second kappa shape index (κ2) is 7.60. The van der Waals surface area contributed by atoms with Crippen molar-refractivity contribution in [1.29, 1.82) is 0 Å². The highest BCUT2D eigenvalue weighted by Crippen LogP contribution is 2.34. The summed E-state index contributed by atoms with van der Waals surface area (Å²) in [5.74, 6) is -1.10. The predicted octanol–water partition coefficient (Wildman–Crippen LogP) is 1.59. The Morgan fingerprint density at radius 3 is 2.31 bits per heavy atom. The molecule has 3 aliphatic rings. The summed E-state index contributed by atoms with van der Waals surface area (Å²) in [7, 11) is 0. The average Bonchev–Trinajstić information content (AvgIpc) is 2.84. The van der Waals surface area contributed by atoms with Crippen LogP contribution in [-0.4, -0.2) is 41.2 Å². The van der Waals surface area contributed by atoms with Crippen LogP contribution in [-0.2, 0) is 14.4 Å². The Morgan fingerprint density at radius 1 is 1.08 bits per heavy atom. The summed E-state index contributed by atoms with van der Waals surface area (Å²) in [6.07, 6.45) is 7.96. The number of amides is 5. The minimum absolute atomic E-state index is 0.0375. The van der Waals surface area contributed by atoms with Crippen LogP contribution in [0.3, 0.4) is 0 Å². The first kappa shape index (κ1) is 18.6. The molecule has 0 spiro atoms. The third-order valence-electron chi connectivity index (χ3n) is 6.18. The van der Waals surface area contributed by atoms with Crippen LogP contribution in [0.15, 0.2) is 12.2 Å². The van der Waals surface area contributed by atoms with Crippen LogP contribution < -0.4 is 10.6 Å². The molecule has 0 unspecified atom stereocenters. The summed E-state index contributed by atoms with van der Waals surface area (Å²) in [6, 6.07) is -0.519. The molecule has 26 heavy (non-hydrogen) atoms. The molecule has 0 aromatic carbocycles. The molecule has 7 heteroatoms. The van der Waals surface area contributed by atoms with E-state index < -0.39 is 18.5 Å². The molecule has 0 aromatic heterocycles. The van der Waals surface area contributed by atoms with Crippen molar-refractivity contribution in [2.45, 2.75) is 52.0 Å². The average molecular weight is 361 g/mol. The topological polar surface area (TPSA) is 95.6 Å². The summed E-state index contributed by atoms with van der Waals surface area (Å²) in [6.45, 7) is 3.88. The third-order valence-corrected chi connectivity index (χ3v) is 6.18. The first-order chi connectivity index (χ1) is 12.4. The number of allylic oxidation sites excluding steroid dienone is 2. The molecule has 1 saturated heterocycles. The maximum atomic E-state index is 12.4. The van der Waals surface area contributed by atoms with E-state index in [9.17, 15) is 19.2 Å². The molecule has 3 rings (SSSR count). The number of nitrogens with zero attached hydrogens (tertiary/aromatic N) is 1. The largest absolute Gasteiger partial charge is 0.335 e. The summed E-state index contributed by atoms with van der Waals surface area (Å²) in [5.41, 5.74) is 0. The summed E-state index contributed by atoms with van der Waals surface area (Å²) in [5, 5.41) is 5.12. The van der Waals surface area contributed by atoms with Gasteiger partial charge in [0.1, 0.15) is 6.54 Å². The van der Waals surface area contributed by atoms with Crippen LogP contribution in [0.4, 0.5) is 4.79 Å². The van der Waals surface area contributed by atoms with E-state index in [1.165, 1.54) is 0 Å². The molecule has 1 saturated carbocycles. The fourth-order valence-corrected chi connectivity index (χ4v) is 4.32. The zero-order chi connectivity index (χ0) is 18.8. The molecule has 2 N–H and O–H groups in total. The SMILES string of the molecule is C[C@H]1[C@H](C)CCC[C@@H]1NC(=O)NC(=O)CN1C(=O)[C@H]2CC=CC[C@H]2C1=O. The van der Waals surface area contributed by atoms with E-state index in [2.05, 4.69) is 24.5 Å². The summed E-state index contributed by atoms with van der Waals surface area (Å²) < 4.78 is 0. The zero-order valence-electron chi connectivity index (χ0n) is 15.4. The molecule has 142 valence electrons. The lowest BCUT2D eigenvalue weighted by Crippen LogP contribution is -2.51. The number of imide groups is 2. The van der Waals surface area contributed by atoms with Gasteiger partial charge in [-0.2, -0.15) is 0 Å². The Kier molecular flexibility index (Phi) is 5.44. The first-order valence-electron chi connectivity index (χ1n) is 9.49. The Bertz CT molecular complexity index is 619. The van der Waals surface area contributed by atoms with E-state index in [0.29, 0.717) is 24.7 Å². The number of carbonyl (C=O) groups excluding carboxylic acids is 4. The number of carbonyl (C=O) groups is 4. The van der Waals surface area contributed by atoms with Crippen molar-refractivity contribution >= 4 is 23.8 Å². The van der Waals surface area contributed by atoms with Crippen LogP contribution in [0.25, 0.3) is 0 Å². The third kappa shape index (κ3) is 3.66. The molecule has 1 heterocycles. The maximum absolute atomic E-state index is 12.4. The highest BCUT2D eigenvalue weighted by Gasteiger charge is 2.47. The molecule has 1 aliphatic heterocycles. The van der Waals surface area contributed by atoms with Gasteiger partial charge in [-0.05, 0) is 31.1 Å². The number of urea groups is 1. The predicted molar refractivity (Wildman–Crippen MR) is 94.7 cm³/mol. The standard InChI is InChI=1S/C19H27N3O4/c1-11-6-5-9-15(12(11)2)20-19(26)21-16(23)10-22-17(24)13-7-3-4-8-14(13)18(22)25/h3-4,11-15H,5-10H2,1-2H3,(H2,20,21,23,26)/t11-,12+,13-,14+,15+/m1/s1. The minimum Gasteiger partial charge on any atom is -0.335 e. The van der Waals surface area contributed by atoms with Crippen molar-refractivity contribution in [1.82, 2.24) is 15.5 Å². The molecular weight excluding hydrogens is 334 g/mol. The highest BCUT2D eigenvalue weighted by atomic mass is 16.2. The molecule has 2 fully saturated rings. The lowest BCUT2D eigenvalue weighted by molar-refractivity contribution is -0.143. The van der Waals surface area contributed by atoms with Crippen LogP contribution >= 0.6 is 0 Å². The first-order valence-corrected chi connectivity index (χ1v) is 9.49. The van der Waals surface area contributed by atoms with Crippen LogP contribution in [0.1, 0.15) is 46.0 Å².